The monoisotopic (exact) mass is 1870 g/mol. The van der Waals surface area contributed by atoms with Crippen LogP contribution in [0.3, 0.4) is 0 Å². The van der Waals surface area contributed by atoms with Gasteiger partial charge in [0.05, 0.1) is 28.2 Å². The van der Waals surface area contributed by atoms with Gasteiger partial charge in [0.1, 0.15) is 34.5 Å². The predicted molar refractivity (Wildman–Crippen MR) is 612 cm³/mol. The van der Waals surface area contributed by atoms with Crippen molar-refractivity contribution < 1.29 is 14.2 Å². The molecule has 696 valence electrons. The smallest absolute Gasteiger partial charge is 0.256 e. The molecule has 22 aromatic rings. The Labute approximate surface area is 849 Å². The average Bonchev–Trinajstić information content (AvgIpc) is 1.54. The van der Waals surface area contributed by atoms with Gasteiger partial charge >= 0.3 is 0 Å². The molecule has 0 saturated heterocycles. The standard InChI is InChI=1S/C47H44BNO.C45H37BN2O.C43H28BNO/c1-27-19-28(2)43(29(3)20-27)32-22-40-44-42(23-32)50-41-18-15-31(30-13-11-10-12-14-30)21-37(41)48(44)38-26-34(47(7,8)9)25-36-35-24-33(46(4,5)6)16-17-39(35)49(40)45(36)38;1-44(2,3)32-17-18-38-34(23-32)35-24-33(45(4,5)6)25-37-43(35)48(38)39-21-31(29-14-12-27(26-47)13-15-29)22-41-42(39)46(37)36-20-30(16-19-40(36)49-41)28-10-8-7-9-11-28;1-27-21-39-42-41(22-27)46-40-20-18-32(29-13-7-3-8-14-29)25-36(40)44(42)37-26-33(30-15-9-4-10-16-30)24-35-34-23-31(28-11-5-2-6-12-28)17-19-38(34)45(39)43(35)37/h10-26H,1-9H3;7-25H,1-6H3;2-26H,1H3. The van der Waals surface area contributed by atoms with Gasteiger partial charge in [0.15, 0.2) is 0 Å². The van der Waals surface area contributed by atoms with E-state index in [2.05, 4.69) is 476 Å². The molecule has 0 N–H and O–H groups in total. The van der Waals surface area contributed by atoms with E-state index in [-0.39, 0.29) is 41.8 Å². The zero-order valence-electron chi connectivity index (χ0n) is 85.0. The molecule has 6 aliphatic rings. The van der Waals surface area contributed by atoms with E-state index in [0.29, 0.717) is 5.56 Å². The van der Waals surface area contributed by atoms with Crippen molar-refractivity contribution in [2.75, 3.05) is 0 Å². The fraction of sp³-hybridized carbons (Fsp3) is 0.148. The summed E-state index contributed by atoms with van der Waals surface area (Å²) in [6.07, 6.45) is 0. The SMILES string of the molecule is CC(C)(C)c1ccc2c(c1)c1cc(C(C)(C)C)cc3c1n2-c1cc(-c2ccc(C#N)cc2)cc2c1B3c1cc(-c3ccccc3)ccc1O2.Cc1cc(C)c(-c2cc3c4c(c2)-n2c5ccc(C(C)(C)C)cc5c5cc(C(C)(C)C)cc(c52)B4c2cc(-c4ccccc4)ccc2O3)c(C)c1.Cc1cc2c3c(c1)-n1c4ccc(-c5ccccc5)cc4c4cc(-c5ccccc5)cc(c41)B3c1cc(-c3ccccc3)ccc1O2. The molecule has 145 heavy (non-hydrogen) atoms. The van der Waals surface area contributed by atoms with Crippen LogP contribution in [0.1, 0.15) is 133 Å². The first-order valence-corrected chi connectivity index (χ1v) is 51.2. The summed E-state index contributed by atoms with van der Waals surface area (Å²) in [7, 11) is 0. The number of nitrogens with zero attached hydrogens (tertiary/aromatic N) is 4. The first-order valence-electron chi connectivity index (χ1n) is 51.2. The van der Waals surface area contributed by atoms with Crippen molar-refractivity contribution in [2.45, 2.75) is 132 Å². The maximum atomic E-state index is 9.48. The van der Waals surface area contributed by atoms with Gasteiger partial charge in [-0.25, -0.2) is 0 Å². The summed E-state index contributed by atoms with van der Waals surface area (Å²) in [6.45, 7) is 36.7. The van der Waals surface area contributed by atoms with Crippen LogP contribution in [0.2, 0.25) is 0 Å². The van der Waals surface area contributed by atoms with E-state index in [0.717, 1.165) is 51.3 Å². The first-order chi connectivity index (χ1) is 70.0. The molecule has 0 aliphatic carbocycles. The van der Waals surface area contributed by atoms with Crippen molar-refractivity contribution in [3.05, 3.63) is 420 Å². The van der Waals surface area contributed by atoms with Gasteiger partial charge in [0.25, 0.3) is 20.1 Å². The highest BCUT2D eigenvalue weighted by Crippen LogP contribution is 2.50. The van der Waals surface area contributed by atoms with Crippen LogP contribution < -0.4 is 63.4 Å². The van der Waals surface area contributed by atoms with Crippen molar-refractivity contribution in [1.82, 2.24) is 13.7 Å². The second kappa shape index (κ2) is 32.9. The van der Waals surface area contributed by atoms with Gasteiger partial charge < -0.3 is 27.9 Å². The van der Waals surface area contributed by atoms with Gasteiger partial charge in [-0.15, -0.1) is 0 Å². The Bertz CT molecular complexity index is 9270. The topological polar surface area (TPSA) is 66.3 Å². The molecule has 7 nitrogen and oxygen atoms in total. The van der Waals surface area contributed by atoms with E-state index in [1.54, 1.807) is 0 Å². The number of nitriles is 1. The maximum absolute atomic E-state index is 9.48. The van der Waals surface area contributed by atoms with Crippen LogP contribution >= 0.6 is 0 Å². The summed E-state index contributed by atoms with van der Waals surface area (Å²) >= 11 is 0. The van der Waals surface area contributed by atoms with Crippen molar-refractivity contribution in [1.29, 1.82) is 5.26 Å². The van der Waals surface area contributed by atoms with Crippen molar-refractivity contribution in [3.8, 4) is 136 Å². The number of benzene rings is 19. The number of ether oxygens (including phenoxy) is 3. The lowest BCUT2D eigenvalue weighted by Crippen LogP contribution is -2.58. The van der Waals surface area contributed by atoms with Gasteiger partial charge in [-0.2, -0.15) is 5.26 Å². The Morgan fingerprint density at radius 2 is 0.517 bits per heavy atom. The zero-order chi connectivity index (χ0) is 99.0. The number of fused-ring (bicyclic) bond motifs is 21. The average molecular weight is 1870 g/mol. The highest BCUT2D eigenvalue weighted by molar-refractivity contribution is 7.01. The number of aromatic nitrogens is 3. The van der Waals surface area contributed by atoms with E-state index in [9.17, 15) is 5.26 Å². The molecule has 0 radical (unpaired) electrons. The van der Waals surface area contributed by atoms with Crippen molar-refractivity contribution >= 4 is 135 Å². The second-order valence-electron chi connectivity index (χ2n) is 45.3. The predicted octanol–water partition coefficient (Wildman–Crippen LogP) is 29.1. The summed E-state index contributed by atoms with van der Waals surface area (Å²) in [6, 6.07) is 138. The van der Waals surface area contributed by atoms with Crippen LogP contribution in [0.25, 0.3) is 160 Å². The van der Waals surface area contributed by atoms with Gasteiger partial charge in [-0.3, -0.25) is 0 Å². The van der Waals surface area contributed by atoms with Gasteiger partial charge in [-0.1, -0.05) is 337 Å². The zero-order valence-corrected chi connectivity index (χ0v) is 85.0. The quantitative estimate of drug-likeness (QED) is 0.149. The Morgan fingerprint density at radius 3 is 0.917 bits per heavy atom. The first kappa shape index (κ1) is 88.8. The van der Waals surface area contributed by atoms with E-state index in [1.165, 1.54) is 237 Å². The lowest BCUT2D eigenvalue weighted by atomic mass is 9.34. The van der Waals surface area contributed by atoms with E-state index < -0.39 is 0 Å². The minimum atomic E-state index is -0.0385. The van der Waals surface area contributed by atoms with E-state index >= 15 is 0 Å². The van der Waals surface area contributed by atoms with Crippen LogP contribution in [0.5, 0.6) is 34.5 Å². The summed E-state index contributed by atoms with van der Waals surface area (Å²) in [5, 5.41) is 17.3. The molecule has 0 amide bonds. The Kier molecular flexibility index (Phi) is 20.1. The normalized spacial score (nSPS) is 13.1. The van der Waals surface area contributed by atoms with Crippen molar-refractivity contribution in [2.24, 2.45) is 0 Å². The maximum Gasteiger partial charge on any atom is 0.256 e. The van der Waals surface area contributed by atoms with Crippen LogP contribution in [0.15, 0.2) is 370 Å². The largest absolute Gasteiger partial charge is 0.458 e. The van der Waals surface area contributed by atoms with Gasteiger partial charge in [-0.05, 0) is 337 Å². The molecule has 28 rings (SSSR count). The Balaban J connectivity index is 0.000000111. The Hall–Kier alpha value is -16.3. The molecule has 6 aliphatic heterocycles. The third-order valence-corrected chi connectivity index (χ3v) is 31.6. The molecule has 9 heterocycles. The third kappa shape index (κ3) is 14.4. The van der Waals surface area contributed by atoms with Crippen LogP contribution in [0.4, 0.5) is 0 Å². The lowest BCUT2D eigenvalue weighted by molar-refractivity contribution is 0.486. The highest BCUT2D eigenvalue weighted by atomic mass is 16.5. The second-order valence-corrected chi connectivity index (χ2v) is 45.3. The van der Waals surface area contributed by atoms with Crippen LogP contribution in [0, 0.1) is 39.0 Å². The molecular formula is C135H109B3N4O3. The van der Waals surface area contributed by atoms with Crippen LogP contribution in [-0.2, 0) is 21.7 Å². The minimum absolute atomic E-state index is 0.00359. The fourth-order valence-corrected chi connectivity index (χ4v) is 24.5. The number of hydrogen-bond acceptors (Lipinski definition) is 4. The molecule has 19 aromatic carbocycles. The molecular weight excluding hydrogens is 1760 g/mol. The summed E-state index contributed by atoms with van der Waals surface area (Å²) in [4.78, 5) is 0. The molecule has 3 aromatic heterocycles. The van der Waals surface area contributed by atoms with E-state index in [4.69, 9.17) is 14.2 Å². The van der Waals surface area contributed by atoms with Crippen LogP contribution in [-0.4, -0.2) is 33.8 Å². The molecule has 0 spiro atoms. The molecule has 0 saturated carbocycles. The number of rotatable bonds is 7. The van der Waals surface area contributed by atoms with Crippen molar-refractivity contribution in [3.63, 3.8) is 0 Å². The summed E-state index contributed by atoms with van der Waals surface area (Å²) < 4.78 is 28.3. The highest BCUT2D eigenvalue weighted by Gasteiger charge is 2.47. The molecule has 0 fully saturated rings. The molecule has 0 bridgehead atoms. The fourth-order valence-electron chi connectivity index (χ4n) is 24.5. The molecule has 0 unspecified atom stereocenters. The number of hydrogen-bond donors (Lipinski definition) is 0. The van der Waals surface area contributed by atoms with Gasteiger partial charge in [0, 0.05) is 65.9 Å². The minimum Gasteiger partial charge on any atom is -0.458 e. The summed E-state index contributed by atoms with van der Waals surface area (Å²) in [5.74, 6) is 5.56. The number of aryl methyl sites for hydroxylation is 4. The van der Waals surface area contributed by atoms with E-state index in [1.807, 2.05) is 24.3 Å². The lowest BCUT2D eigenvalue weighted by Gasteiger charge is -2.35. The molecule has 0 atom stereocenters. The third-order valence-electron chi connectivity index (χ3n) is 31.6. The molecule has 10 heteroatoms. The summed E-state index contributed by atoms with van der Waals surface area (Å²) in [5.41, 5.74) is 50.3. The van der Waals surface area contributed by atoms with Gasteiger partial charge in [0.2, 0.25) is 0 Å². The Morgan fingerprint density at radius 1 is 0.228 bits per heavy atom.